The number of thioether (sulfide) groups is 1. The van der Waals surface area contributed by atoms with Gasteiger partial charge in [-0.3, -0.25) is 9.89 Å². The Labute approximate surface area is 152 Å². The van der Waals surface area contributed by atoms with E-state index in [-0.39, 0.29) is 5.91 Å². The minimum Gasteiger partial charge on any atom is -0.325 e. The lowest BCUT2D eigenvalue weighted by Crippen LogP contribution is -2.19. The van der Waals surface area contributed by atoms with E-state index in [9.17, 15) is 4.79 Å². The number of carbonyl (C=O) groups excluding carboxylic acids is 1. The number of aromatic nitrogens is 3. The van der Waals surface area contributed by atoms with Crippen LogP contribution in [0.4, 0.5) is 5.69 Å². The standard InChI is InChI=1S/C16H12Cl2N4OS/c17-11-6-12(18)8-13(7-11)21-15(23)14(10-4-2-1-3-5-10)24-16-19-9-20-22-16/h1-9,14H,(H,21,23)(H,19,20,22)/t14-/m0/s1. The van der Waals surface area contributed by atoms with Gasteiger partial charge in [0.25, 0.3) is 0 Å². The molecule has 0 spiro atoms. The average molecular weight is 379 g/mol. The first-order chi connectivity index (χ1) is 11.6. The number of H-pyrrole nitrogens is 1. The van der Waals surface area contributed by atoms with E-state index in [0.717, 1.165) is 5.56 Å². The zero-order chi connectivity index (χ0) is 16.9. The van der Waals surface area contributed by atoms with Crippen molar-refractivity contribution in [2.75, 3.05) is 5.32 Å². The molecule has 3 aromatic rings. The Hall–Kier alpha value is -2.02. The third kappa shape index (κ3) is 4.29. The first-order valence-corrected chi connectivity index (χ1v) is 8.59. The molecule has 1 heterocycles. The maximum absolute atomic E-state index is 12.8. The summed E-state index contributed by atoms with van der Waals surface area (Å²) in [5.41, 5.74) is 1.39. The number of benzene rings is 2. The van der Waals surface area contributed by atoms with Crippen LogP contribution in [0, 0.1) is 0 Å². The van der Waals surface area contributed by atoms with E-state index in [1.807, 2.05) is 30.3 Å². The fraction of sp³-hybridized carbons (Fsp3) is 0.0625. The molecule has 0 aliphatic carbocycles. The summed E-state index contributed by atoms with van der Waals surface area (Å²) >= 11 is 13.2. The van der Waals surface area contributed by atoms with Crippen LogP contribution in [-0.2, 0) is 4.79 Å². The summed E-state index contributed by atoms with van der Waals surface area (Å²) in [5, 5.41) is 10.4. The summed E-state index contributed by atoms with van der Waals surface area (Å²) in [6.45, 7) is 0. The predicted octanol–water partition coefficient (Wildman–Crippen LogP) is 4.58. The van der Waals surface area contributed by atoms with E-state index in [0.29, 0.717) is 20.9 Å². The van der Waals surface area contributed by atoms with Gasteiger partial charge in [0.15, 0.2) is 5.16 Å². The largest absolute Gasteiger partial charge is 0.325 e. The van der Waals surface area contributed by atoms with Crippen LogP contribution in [0.2, 0.25) is 10.0 Å². The molecule has 1 atom stereocenters. The molecule has 0 unspecified atom stereocenters. The summed E-state index contributed by atoms with van der Waals surface area (Å²) in [6, 6.07) is 14.3. The number of halogens is 2. The van der Waals surface area contributed by atoms with Crippen molar-refractivity contribution >= 4 is 46.6 Å². The van der Waals surface area contributed by atoms with Crippen molar-refractivity contribution in [2.45, 2.75) is 10.4 Å². The number of nitrogens with one attached hydrogen (secondary N) is 2. The zero-order valence-corrected chi connectivity index (χ0v) is 14.6. The van der Waals surface area contributed by atoms with Gasteiger partial charge in [0.2, 0.25) is 5.91 Å². The normalized spacial score (nSPS) is 11.9. The van der Waals surface area contributed by atoms with Gasteiger partial charge < -0.3 is 5.32 Å². The Morgan fingerprint density at radius 1 is 1.12 bits per heavy atom. The van der Waals surface area contributed by atoms with E-state index in [2.05, 4.69) is 20.5 Å². The van der Waals surface area contributed by atoms with Crippen molar-refractivity contribution < 1.29 is 4.79 Å². The molecule has 2 aromatic carbocycles. The van der Waals surface area contributed by atoms with Crippen LogP contribution in [0.1, 0.15) is 10.8 Å². The molecule has 0 aliphatic heterocycles. The maximum atomic E-state index is 12.8. The number of hydrogen-bond acceptors (Lipinski definition) is 4. The molecule has 0 fully saturated rings. The molecular weight excluding hydrogens is 367 g/mol. The lowest BCUT2D eigenvalue weighted by molar-refractivity contribution is -0.115. The van der Waals surface area contributed by atoms with E-state index >= 15 is 0 Å². The van der Waals surface area contributed by atoms with Crippen LogP contribution in [-0.4, -0.2) is 21.1 Å². The summed E-state index contributed by atoms with van der Waals surface area (Å²) < 4.78 is 0. The molecule has 1 amide bonds. The molecule has 122 valence electrons. The van der Waals surface area contributed by atoms with Gasteiger partial charge >= 0.3 is 0 Å². The minimum atomic E-state index is -0.503. The SMILES string of the molecule is O=C(Nc1cc(Cl)cc(Cl)c1)[C@@H](Sc1ncn[nH]1)c1ccccc1. The highest BCUT2D eigenvalue weighted by molar-refractivity contribution is 8.00. The smallest absolute Gasteiger partial charge is 0.242 e. The molecule has 0 saturated carbocycles. The van der Waals surface area contributed by atoms with Crippen LogP contribution in [0.3, 0.4) is 0 Å². The average Bonchev–Trinajstić information content (AvgIpc) is 3.05. The second-order valence-corrected chi connectivity index (χ2v) is 6.81. The first kappa shape index (κ1) is 16.8. The van der Waals surface area contributed by atoms with Gasteiger partial charge in [-0.05, 0) is 23.8 Å². The minimum absolute atomic E-state index is 0.207. The van der Waals surface area contributed by atoms with Gasteiger partial charge in [-0.25, -0.2) is 4.98 Å². The summed E-state index contributed by atoms with van der Waals surface area (Å²) in [6.07, 6.45) is 1.40. The molecule has 5 nitrogen and oxygen atoms in total. The number of carbonyl (C=O) groups is 1. The molecule has 2 N–H and O–H groups in total. The van der Waals surface area contributed by atoms with Gasteiger partial charge in [-0.15, -0.1) is 0 Å². The maximum Gasteiger partial charge on any atom is 0.242 e. The highest BCUT2D eigenvalue weighted by Crippen LogP contribution is 2.34. The Morgan fingerprint density at radius 2 is 1.83 bits per heavy atom. The summed E-state index contributed by atoms with van der Waals surface area (Å²) in [5.74, 6) is -0.207. The predicted molar refractivity (Wildman–Crippen MR) is 96.5 cm³/mol. The molecule has 0 radical (unpaired) electrons. The quantitative estimate of drug-likeness (QED) is 0.637. The van der Waals surface area contributed by atoms with Crippen LogP contribution >= 0.6 is 35.0 Å². The van der Waals surface area contributed by atoms with Crippen LogP contribution < -0.4 is 5.32 Å². The number of nitrogens with zero attached hydrogens (tertiary/aromatic N) is 2. The van der Waals surface area contributed by atoms with Crippen LogP contribution in [0.5, 0.6) is 0 Å². The highest BCUT2D eigenvalue weighted by Gasteiger charge is 2.23. The van der Waals surface area contributed by atoms with E-state index < -0.39 is 5.25 Å². The van der Waals surface area contributed by atoms with E-state index in [4.69, 9.17) is 23.2 Å². The second-order valence-electron chi connectivity index (χ2n) is 4.85. The molecule has 8 heteroatoms. The molecule has 1 aromatic heterocycles. The number of aromatic amines is 1. The number of rotatable bonds is 5. The fourth-order valence-electron chi connectivity index (χ4n) is 2.10. The lowest BCUT2D eigenvalue weighted by Gasteiger charge is -2.16. The van der Waals surface area contributed by atoms with Gasteiger partial charge in [0.1, 0.15) is 11.6 Å². The van der Waals surface area contributed by atoms with Crippen molar-refractivity contribution in [3.8, 4) is 0 Å². The number of hydrogen-bond donors (Lipinski definition) is 2. The Morgan fingerprint density at radius 3 is 2.46 bits per heavy atom. The third-order valence-corrected chi connectivity index (χ3v) is 4.67. The van der Waals surface area contributed by atoms with E-state index in [1.165, 1.54) is 18.1 Å². The van der Waals surface area contributed by atoms with Crippen molar-refractivity contribution in [3.63, 3.8) is 0 Å². The Balaban J connectivity index is 1.85. The molecule has 0 saturated heterocycles. The Bertz CT molecular complexity index is 807. The van der Waals surface area contributed by atoms with Crippen molar-refractivity contribution in [1.82, 2.24) is 15.2 Å². The second kappa shape index (κ2) is 7.70. The number of anilines is 1. The monoisotopic (exact) mass is 378 g/mol. The molecule has 0 aliphatic rings. The van der Waals surface area contributed by atoms with Crippen molar-refractivity contribution in [1.29, 1.82) is 0 Å². The molecule has 0 bridgehead atoms. The van der Waals surface area contributed by atoms with Crippen molar-refractivity contribution in [3.05, 3.63) is 70.5 Å². The topological polar surface area (TPSA) is 70.7 Å². The lowest BCUT2D eigenvalue weighted by atomic mass is 10.1. The summed E-state index contributed by atoms with van der Waals surface area (Å²) in [7, 11) is 0. The Kier molecular flexibility index (Phi) is 5.40. The molecule has 24 heavy (non-hydrogen) atoms. The fourth-order valence-corrected chi connectivity index (χ4v) is 3.52. The molecule has 3 rings (SSSR count). The van der Waals surface area contributed by atoms with Gasteiger partial charge in [-0.2, -0.15) is 5.10 Å². The summed E-state index contributed by atoms with van der Waals surface area (Å²) in [4.78, 5) is 16.9. The zero-order valence-electron chi connectivity index (χ0n) is 12.2. The van der Waals surface area contributed by atoms with Crippen LogP contribution in [0.15, 0.2) is 60.0 Å². The third-order valence-electron chi connectivity index (χ3n) is 3.09. The highest BCUT2D eigenvalue weighted by atomic mass is 35.5. The van der Waals surface area contributed by atoms with Gasteiger partial charge in [0, 0.05) is 15.7 Å². The van der Waals surface area contributed by atoms with Gasteiger partial charge in [0.05, 0.1) is 0 Å². The van der Waals surface area contributed by atoms with Crippen LogP contribution in [0.25, 0.3) is 0 Å². The van der Waals surface area contributed by atoms with Gasteiger partial charge in [-0.1, -0.05) is 65.3 Å². The first-order valence-electron chi connectivity index (χ1n) is 6.96. The van der Waals surface area contributed by atoms with E-state index in [1.54, 1.807) is 18.2 Å². The number of amides is 1. The molecular formula is C16H12Cl2N4OS. The van der Waals surface area contributed by atoms with Crippen molar-refractivity contribution in [2.24, 2.45) is 0 Å².